The Bertz CT molecular complexity index is 875. The van der Waals surface area contributed by atoms with Gasteiger partial charge in [0.15, 0.2) is 11.5 Å². The first-order valence-electron chi connectivity index (χ1n) is 9.07. The monoisotopic (exact) mass is 384 g/mol. The van der Waals surface area contributed by atoms with Crippen LogP contribution >= 0.6 is 0 Å². The van der Waals surface area contributed by atoms with Gasteiger partial charge in [0, 0.05) is 23.7 Å². The van der Waals surface area contributed by atoms with E-state index >= 15 is 0 Å². The summed E-state index contributed by atoms with van der Waals surface area (Å²) in [4.78, 5) is 24.7. The highest BCUT2D eigenvalue weighted by Gasteiger charge is 2.25. The topological polar surface area (TPSA) is 76.7 Å². The van der Waals surface area contributed by atoms with Gasteiger partial charge < -0.3 is 20.1 Å². The predicted octanol–water partition coefficient (Wildman–Crippen LogP) is 3.35. The molecule has 0 saturated heterocycles. The molecule has 2 amide bonds. The molecule has 0 aliphatic rings. The first-order chi connectivity index (χ1) is 13.2. The molecule has 0 spiro atoms. The molecule has 0 aromatic heterocycles. The highest BCUT2D eigenvalue weighted by molar-refractivity contribution is 6.39. The van der Waals surface area contributed by atoms with Crippen molar-refractivity contribution in [2.45, 2.75) is 33.1 Å². The molecule has 0 aliphatic heterocycles. The van der Waals surface area contributed by atoms with Crippen LogP contribution in [0.2, 0.25) is 0 Å². The number of methoxy groups -OCH3 is 2. The molecular formula is C22H28N2O4. The van der Waals surface area contributed by atoms with Crippen molar-refractivity contribution in [1.82, 2.24) is 5.32 Å². The molecule has 2 rings (SSSR count). The van der Waals surface area contributed by atoms with Crippen LogP contribution in [0.25, 0.3) is 0 Å². The number of ether oxygens (including phenoxy) is 2. The number of hydrogen-bond donors (Lipinski definition) is 2. The van der Waals surface area contributed by atoms with Crippen LogP contribution in [0.3, 0.4) is 0 Å². The molecule has 150 valence electrons. The number of aryl methyl sites for hydroxylation is 2. The molecule has 2 aromatic carbocycles. The Morgan fingerprint density at radius 3 is 2.14 bits per heavy atom. The summed E-state index contributed by atoms with van der Waals surface area (Å²) >= 11 is 0. The van der Waals surface area contributed by atoms with Crippen LogP contribution in [0.15, 0.2) is 36.4 Å². The van der Waals surface area contributed by atoms with E-state index in [1.807, 2.05) is 52.0 Å². The highest BCUT2D eigenvalue weighted by Crippen LogP contribution is 2.32. The van der Waals surface area contributed by atoms with Crippen molar-refractivity contribution in [3.63, 3.8) is 0 Å². The van der Waals surface area contributed by atoms with E-state index in [9.17, 15) is 9.59 Å². The van der Waals surface area contributed by atoms with Gasteiger partial charge in [-0.2, -0.15) is 0 Å². The second kappa shape index (κ2) is 8.78. The summed E-state index contributed by atoms with van der Waals surface area (Å²) in [5, 5.41) is 5.37. The number of rotatable bonds is 6. The number of carbonyl (C=O) groups is 2. The Balaban J connectivity index is 2.06. The minimum absolute atomic E-state index is 0.305. The van der Waals surface area contributed by atoms with Crippen LogP contribution in [0, 0.1) is 13.8 Å². The van der Waals surface area contributed by atoms with E-state index in [1.165, 1.54) is 7.11 Å². The van der Waals surface area contributed by atoms with Crippen molar-refractivity contribution >= 4 is 17.5 Å². The van der Waals surface area contributed by atoms with Gasteiger partial charge in [-0.05, 0) is 36.6 Å². The summed E-state index contributed by atoms with van der Waals surface area (Å²) in [5.74, 6) is -0.376. The maximum absolute atomic E-state index is 12.3. The van der Waals surface area contributed by atoms with E-state index < -0.39 is 11.8 Å². The fourth-order valence-electron chi connectivity index (χ4n) is 3.10. The Kier molecular flexibility index (Phi) is 6.67. The van der Waals surface area contributed by atoms with Crippen molar-refractivity contribution in [3.8, 4) is 11.5 Å². The molecule has 0 saturated carbocycles. The number of amides is 2. The fourth-order valence-corrected chi connectivity index (χ4v) is 3.10. The largest absolute Gasteiger partial charge is 0.493 e. The van der Waals surface area contributed by atoms with Crippen LogP contribution < -0.4 is 20.1 Å². The minimum Gasteiger partial charge on any atom is -0.493 e. The first kappa shape index (κ1) is 21.3. The van der Waals surface area contributed by atoms with E-state index in [2.05, 4.69) is 10.6 Å². The van der Waals surface area contributed by atoms with Gasteiger partial charge in [-0.15, -0.1) is 0 Å². The van der Waals surface area contributed by atoms with E-state index in [-0.39, 0.29) is 5.41 Å². The van der Waals surface area contributed by atoms with Gasteiger partial charge in [-0.1, -0.05) is 38.1 Å². The van der Waals surface area contributed by atoms with Crippen molar-refractivity contribution in [3.05, 3.63) is 53.1 Å². The van der Waals surface area contributed by atoms with Gasteiger partial charge in [0.1, 0.15) is 0 Å². The van der Waals surface area contributed by atoms with E-state index in [1.54, 1.807) is 19.2 Å². The van der Waals surface area contributed by atoms with E-state index in [4.69, 9.17) is 9.47 Å². The van der Waals surface area contributed by atoms with Gasteiger partial charge in [-0.3, -0.25) is 9.59 Å². The third-order valence-electron chi connectivity index (χ3n) is 4.75. The molecule has 0 fully saturated rings. The summed E-state index contributed by atoms with van der Waals surface area (Å²) in [7, 11) is 3.05. The molecule has 6 heteroatoms. The second-order valence-corrected chi connectivity index (χ2v) is 7.36. The molecular weight excluding hydrogens is 356 g/mol. The van der Waals surface area contributed by atoms with Gasteiger partial charge in [0.2, 0.25) is 0 Å². The Morgan fingerprint density at radius 2 is 1.54 bits per heavy atom. The Morgan fingerprint density at radius 1 is 0.929 bits per heavy atom. The van der Waals surface area contributed by atoms with Crippen LogP contribution in [-0.2, 0) is 15.0 Å². The van der Waals surface area contributed by atoms with E-state index in [0.717, 1.165) is 16.7 Å². The van der Waals surface area contributed by atoms with Crippen molar-refractivity contribution in [2.75, 3.05) is 26.1 Å². The number of carbonyl (C=O) groups excluding carboxylic acids is 2. The Hall–Kier alpha value is -3.02. The molecule has 0 bridgehead atoms. The lowest BCUT2D eigenvalue weighted by molar-refractivity contribution is -0.136. The molecule has 0 aliphatic carbocycles. The summed E-state index contributed by atoms with van der Waals surface area (Å²) < 4.78 is 10.5. The third kappa shape index (κ3) is 4.82. The second-order valence-electron chi connectivity index (χ2n) is 7.36. The average molecular weight is 384 g/mol. The average Bonchev–Trinajstić information content (AvgIpc) is 2.67. The number of benzene rings is 2. The van der Waals surface area contributed by atoms with Crippen molar-refractivity contribution < 1.29 is 19.1 Å². The van der Waals surface area contributed by atoms with Gasteiger partial charge in [-0.25, -0.2) is 0 Å². The van der Waals surface area contributed by atoms with Crippen LogP contribution in [0.1, 0.15) is 30.5 Å². The maximum atomic E-state index is 12.3. The normalized spacial score (nSPS) is 10.9. The van der Waals surface area contributed by atoms with Gasteiger partial charge in [0.25, 0.3) is 0 Å². The summed E-state index contributed by atoms with van der Waals surface area (Å²) in [5.41, 5.74) is 3.23. The SMILES string of the molecule is COc1cc(C)c(NC(=O)C(=O)NCC(C)(C)c2ccccc2C)cc1OC. The number of anilines is 1. The minimum atomic E-state index is -0.726. The smallest absolute Gasteiger partial charge is 0.313 e. The maximum Gasteiger partial charge on any atom is 0.313 e. The number of hydrogen-bond acceptors (Lipinski definition) is 4. The van der Waals surface area contributed by atoms with E-state index in [0.29, 0.717) is 23.7 Å². The fraction of sp³-hybridized carbons (Fsp3) is 0.364. The molecule has 0 radical (unpaired) electrons. The summed E-state index contributed by atoms with van der Waals surface area (Å²) in [6.45, 7) is 8.26. The lowest BCUT2D eigenvalue weighted by Gasteiger charge is -2.27. The zero-order valence-electron chi connectivity index (χ0n) is 17.3. The molecule has 0 atom stereocenters. The van der Waals surface area contributed by atoms with Gasteiger partial charge >= 0.3 is 11.8 Å². The quantitative estimate of drug-likeness (QED) is 0.749. The number of nitrogens with one attached hydrogen (secondary N) is 2. The highest BCUT2D eigenvalue weighted by atomic mass is 16.5. The molecule has 6 nitrogen and oxygen atoms in total. The predicted molar refractivity (Wildman–Crippen MR) is 110 cm³/mol. The molecule has 2 N–H and O–H groups in total. The summed E-state index contributed by atoms with van der Waals surface area (Å²) in [6, 6.07) is 11.4. The van der Waals surface area contributed by atoms with Crippen molar-refractivity contribution in [1.29, 1.82) is 0 Å². The van der Waals surface area contributed by atoms with Gasteiger partial charge in [0.05, 0.1) is 14.2 Å². The summed E-state index contributed by atoms with van der Waals surface area (Å²) in [6.07, 6.45) is 0. The first-order valence-corrected chi connectivity index (χ1v) is 9.07. The van der Waals surface area contributed by atoms with Crippen LogP contribution in [0.5, 0.6) is 11.5 Å². The third-order valence-corrected chi connectivity index (χ3v) is 4.75. The zero-order valence-corrected chi connectivity index (χ0v) is 17.3. The molecule has 28 heavy (non-hydrogen) atoms. The van der Waals surface area contributed by atoms with Crippen LogP contribution in [-0.4, -0.2) is 32.6 Å². The standard InChI is InChI=1S/C22H28N2O4/c1-14-9-7-8-10-16(14)22(3,4)13-23-20(25)21(26)24-17-12-19(28-6)18(27-5)11-15(17)2/h7-12H,13H2,1-6H3,(H,23,25)(H,24,26). The Labute approximate surface area is 166 Å². The lowest BCUT2D eigenvalue weighted by Crippen LogP contribution is -2.42. The molecule has 0 heterocycles. The lowest BCUT2D eigenvalue weighted by atomic mass is 9.82. The van der Waals surface area contributed by atoms with Crippen molar-refractivity contribution in [2.24, 2.45) is 0 Å². The molecule has 2 aromatic rings. The molecule has 0 unspecified atom stereocenters. The zero-order chi connectivity index (χ0) is 20.9. The van der Waals surface area contributed by atoms with Crippen LogP contribution in [0.4, 0.5) is 5.69 Å².